The van der Waals surface area contributed by atoms with E-state index in [1.54, 1.807) is 0 Å². The summed E-state index contributed by atoms with van der Waals surface area (Å²) in [7, 11) is 4.15. The van der Waals surface area contributed by atoms with Gasteiger partial charge in [0.25, 0.3) is 0 Å². The highest BCUT2D eigenvalue weighted by Crippen LogP contribution is 2.35. The fourth-order valence-electron chi connectivity index (χ4n) is 3.23. The van der Waals surface area contributed by atoms with Crippen molar-refractivity contribution in [1.29, 1.82) is 0 Å². The van der Waals surface area contributed by atoms with Crippen LogP contribution < -0.4 is 15.0 Å². The van der Waals surface area contributed by atoms with Crippen molar-refractivity contribution in [3.8, 4) is 0 Å². The van der Waals surface area contributed by atoms with Crippen LogP contribution in [0, 0.1) is 13.8 Å². The van der Waals surface area contributed by atoms with Crippen LogP contribution in [0.1, 0.15) is 16.8 Å². The van der Waals surface area contributed by atoms with Gasteiger partial charge in [0.1, 0.15) is 7.05 Å². The molecule has 4 heterocycles. The Morgan fingerprint density at radius 2 is 2.04 bits per heavy atom. The van der Waals surface area contributed by atoms with E-state index in [9.17, 15) is 0 Å². The fraction of sp³-hybridized carbons (Fsp3) is 0.222. The summed E-state index contributed by atoms with van der Waals surface area (Å²) in [5, 5.41) is 1.07. The maximum absolute atomic E-state index is 6.06. The van der Waals surface area contributed by atoms with Gasteiger partial charge in [-0.1, -0.05) is 12.1 Å². The quantitative estimate of drug-likeness (QED) is 0.510. The number of nitrogens with zero attached hydrogens (tertiary/aromatic N) is 3. The standard InChI is InChI=1S/C18H19BN3O/c1-12-8-10-21(3)16(11-12)19-9-7-15-14-6-5-13(2)20-17(14)23-18(15)22(19)4/h5-11H,1-4H3/q+1. The lowest BCUT2D eigenvalue weighted by Crippen LogP contribution is -2.60. The lowest BCUT2D eigenvalue weighted by Gasteiger charge is -2.24. The normalized spacial score (nSPS) is 13.7. The Morgan fingerprint density at radius 3 is 2.87 bits per heavy atom. The van der Waals surface area contributed by atoms with Crippen LogP contribution in [0.25, 0.3) is 17.2 Å². The summed E-state index contributed by atoms with van der Waals surface area (Å²) in [6.07, 6.45) is 4.26. The first-order valence-corrected chi connectivity index (χ1v) is 7.82. The van der Waals surface area contributed by atoms with Gasteiger partial charge in [0, 0.05) is 28.8 Å². The highest BCUT2D eigenvalue weighted by atomic mass is 16.4. The lowest BCUT2D eigenvalue weighted by molar-refractivity contribution is -0.654. The maximum Gasteiger partial charge on any atom is 0.398 e. The molecule has 4 nitrogen and oxygen atoms in total. The van der Waals surface area contributed by atoms with Crippen LogP contribution in [0.2, 0.25) is 0 Å². The van der Waals surface area contributed by atoms with Crippen LogP contribution in [-0.2, 0) is 7.05 Å². The molecule has 1 aliphatic heterocycles. The van der Waals surface area contributed by atoms with E-state index in [1.807, 2.05) is 13.0 Å². The van der Waals surface area contributed by atoms with Gasteiger partial charge in [0.15, 0.2) is 17.7 Å². The molecule has 114 valence electrons. The Kier molecular flexibility index (Phi) is 3.05. The molecular weight excluding hydrogens is 285 g/mol. The molecule has 0 spiro atoms. The molecule has 0 bridgehead atoms. The van der Waals surface area contributed by atoms with Crippen molar-refractivity contribution in [3.63, 3.8) is 0 Å². The van der Waals surface area contributed by atoms with Gasteiger partial charge < -0.3 is 9.23 Å². The molecule has 1 aliphatic rings. The second-order valence-corrected chi connectivity index (χ2v) is 6.28. The molecule has 3 aromatic heterocycles. The molecule has 0 fully saturated rings. The summed E-state index contributed by atoms with van der Waals surface area (Å²) in [4.78, 5) is 6.69. The van der Waals surface area contributed by atoms with Crippen LogP contribution in [-0.4, -0.2) is 18.9 Å². The van der Waals surface area contributed by atoms with Crippen LogP contribution in [0.3, 0.4) is 0 Å². The number of aromatic nitrogens is 2. The molecule has 0 aromatic carbocycles. The number of furan rings is 1. The Hall–Kier alpha value is -2.56. The molecular formula is C18H19BN3O+. The van der Waals surface area contributed by atoms with E-state index in [4.69, 9.17) is 4.42 Å². The Balaban J connectivity index is 1.85. The van der Waals surface area contributed by atoms with Gasteiger partial charge in [-0.05, 0) is 38.6 Å². The molecule has 0 saturated carbocycles. The number of pyridine rings is 2. The topological polar surface area (TPSA) is 33.1 Å². The third-order valence-electron chi connectivity index (χ3n) is 4.54. The van der Waals surface area contributed by atoms with Gasteiger partial charge in [-0.15, -0.1) is 0 Å². The monoisotopic (exact) mass is 304 g/mol. The highest BCUT2D eigenvalue weighted by molar-refractivity contribution is 6.80. The highest BCUT2D eigenvalue weighted by Gasteiger charge is 2.35. The van der Waals surface area contributed by atoms with E-state index in [1.165, 1.54) is 11.2 Å². The molecule has 23 heavy (non-hydrogen) atoms. The van der Waals surface area contributed by atoms with Crippen LogP contribution in [0.4, 0.5) is 5.88 Å². The SMILES string of the molecule is Cc1cc[n+](C)c(B2C=Cc3c(oc4nc(C)ccc34)N2C)c1. The minimum Gasteiger partial charge on any atom is -0.423 e. The van der Waals surface area contributed by atoms with Gasteiger partial charge >= 0.3 is 6.85 Å². The smallest absolute Gasteiger partial charge is 0.398 e. The van der Waals surface area contributed by atoms with Crippen molar-refractivity contribution in [2.75, 3.05) is 11.9 Å². The van der Waals surface area contributed by atoms with Crippen LogP contribution >= 0.6 is 0 Å². The molecule has 0 atom stereocenters. The van der Waals surface area contributed by atoms with Crippen molar-refractivity contribution in [2.45, 2.75) is 13.8 Å². The van der Waals surface area contributed by atoms with Crippen molar-refractivity contribution in [1.82, 2.24) is 4.98 Å². The Bertz CT molecular complexity index is 945. The van der Waals surface area contributed by atoms with E-state index in [0.29, 0.717) is 5.71 Å². The third kappa shape index (κ3) is 2.15. The number of aryl methyl sites for hydroxylation is 3. The van der Waals surface area contributed by atoms with E-state index in [-0.39, 0.29) is 6.85 Å². The minimum atomic E-state index is 0.147. The summed E-state index contributed by atoms with van der Waals surface area (Å²) < 4.78 is 8.22. The first kappa shape index (κ1) is 14.1. The van der Waals surface area contributed by atoms with Crippen molar-refractivity contribution < 1.29 is 8.98 Å². The summed E-state index contributed by atoms with van der Waals surface area (Å²) in [6.45, 7) is 4.25. The van der Waals surface area contributed by atoms with Crippen molar-refractivity contribution in [3.05, 3.63) is 53.3 Å². The average Bonchev–Trinajstić information content (AvgIpc) is 2.89. The van der Waals surface area contributed by atoms with Crippen LogP contribution in [0.15, 0.2) is 40.9 Å². The molecule has 3 aromatic rings. The molecule has 4 rings (SSSR count). The molecule has 0 radical (unpaired) electrons. The number of hydrogen-bond donors (Lipinski definition) is 0. The molecule has 0 aliphatic carbocycles. The largest absolute Gasteiger partial charge is 0.423 e. The zero-order chi connectivity index (χ0) is 16.1. The zero-order valence-electron chi connectivity index (χ0n) is 13.9. The predicted molar refractivity (Wildman–Crippen MR) is 93.9 cm³/mol. The number of hydrogen-bond acceptors (Lipinski definition) is 3. The first-order chi connectivity index (χ1) is 11.0. The van der Waals surface area contributed by atoms with Gasteiger partial charge in [-0.25, -0.2) is 9.55 Å². The number of anilines is 1. The lowest BCUT2D eigenvalue weighted by atomic mass is 9.55. The molecule has 0 saturated heterocycles. The van der Waals surface area contributed by atoms with Crippen molar-refractivity contribution in [2.24, 2.45) is 7.05 Å². The Labute approximate surface area is 136 Å². The summed E-state index contributed by atoms with van der Waals surface area (Å²) in [5.41, 5.74) is 5.28. The van der Waals surface area contributed by atoms with E-state index >= 15 is 0 Å². The summed E-state index contributed by atoms with van der Waals surface area (Å²) in [6, 6.07) is 8.46. The maximum atomic E-state index is 6.06. The van der Waals surface area contributed by atoms with Crippen molar-refractivity contribution >= 4 is 35.5 Å². The predicted octanol–water partition coefficient (Wildman–Crippen LogP) is 2.17. The Morgan fingerprint density at radius 1 is 1.22 bits per heavy atom. The summed E-state index contributed by atoms with van der Waals surface area (Å²) >= 11 is 0. The van der Waals surface area contributed by atoms with Gasteiger partial charge in [-0.3, -0.25) is 0 Å². The third-order valence-corrected chi connectivity index (χ3v) is 4.54. The fourth-order valence-corrected chi connectivity index (χ4v) is 3.23. The van der Waals surface area contributed by atoms with E-state index in [0.717, 1.165) is 22.5 Å². The second-order valence-electron chi connectivity index (χ2n) is 6.28. The van der Waals surface area contributed by atoms with Gasteiger partial charge in [0.2, 0.25) is 5.71 Å². The van der Waals surface area contributed by atoms with Crippen LogP contribution in [0.5, 0.6) is 0 Å². The number of fused-ring (bicyclic) bond motifs is 3. The van der Waals surface area contributed by atoms with E-state index in [2.05, 4.69) is 71.8 Å². The zero-order valence-corrected chi connectivity index (χ0v) is 13.9. The number of rotatable bonds is 1. The molecule has 0 unspecified atom stereocenters. The first-order valence-electron chi connectivity index (χ1n) is 7.82. The van der Waals surface area contributed by atoms with Gasteiger partial charge in [-0.2, -0.15) is 0 Å². The second kappa shape index (κ2) is 4.98. The minimum absolute atomic E-state index is 0.147. The molecule has 5 heteroatoms. The van der Waals surface area contributed by atoms with E-state index < -0.39 is 0 Å². The molecule has 0 amide bonds. The van der Waals surface area contributed by atoms with Gasteiger partial charge in [0.05, 0.1) is 0 Å². The molecule has 0 N–H and O–H groups in total. The summed E-state index contributed by atoms with van der Waals surface area (Å²) in [5.74, 6) is 3.11. The average molecular weight is 304 g/mol.